The minimum atomic E-state index is 0.00600. The van der Waals surface area contributed by atoms with Crippen molar-refractivity contribution in [2.24, 2.45) is 0 Å². The predicted molar refractivity (Wildman–Crippen MR) is 107 cm³/mol. The van der Waals surface area contributed by atoms with Crippen LogP contribution in [-0.2, 0) is 0 Å². The van der Waals surface area contributed by atoms with Crippen LogP contribution in [0.3, 0.4) is 0 Å². The fourth-order valence-electron chi connectivity index (χ4n) is 3.46. The van der Waals surface area contributed by atoms with Gasteiger partial charge in [-0.1, -0.05) is 48.5 Å². The van der Waals surface area contributed by atoms with E-state index in [1.165, 1.54) is 0 Å². The first-order valence-corrected chi connectivity index (χ1v) is 9.04. The maximum Gasteiger partial charge on any atom is 0.257 e. The van der Waals surface area contributed by atoms with Gasteiger partial charge in [0.05, 0.1) is 5.69 Å². The van der Waals surface area contributed by atoms with Crippen molar-refractivity contribution >= 4 is 5.82 Å². The summed E-state index contributed by atoms with van der Waals surface area (Å²) in [6.45, 7) is 3.83. The largest absolute Gasteiger partial charge is 0.355 e. The van der Waals surface area contributed by atoms with Gasteiger partial charge in [-0.2, -0.15) is 0 Å². The first-order chi connectivity index (χ1) is 12.7. The molecule has 26 heavy (non-hydrogen) atoms. The molecule has 0 bridgehead atoms. The second kappa shape index (κ2) is 7.18. The van der Waals surface area contributed by atoms with Crippen LogP contribution in [-0.4, -0.2) is 42.7 Å². The molecule has 0 N–H and O–H groups in total. The fraction of sp³-hybridized carbons (Fsp3) is 0.227. The first-order valence-electron chi connectivity index (χ1n) is 9.04. The van der Waals surface area contributed by atoms with Gasteiger partial charge < -0.3 is 9.80 Å². The van der Waals surface area contributed by atoms with Gasteiger partial charge in [0.1, 0.15) is 5.82 Å². The van der Waals surface area contributed by atoms with Crippen LogP contribution in [0.1, 0.15) is 0 Å². The van der Waals surface area contributed by atoms with Crippen molar-refractivity contribution in [2.45, 2.75) is 0 Å². The summed E-state index contributed by atoms with van der Waals surface area (Å²) >= 11 is 0. The van der Waals surface area contributed by atoms with Crippen molar-refractivity contribution < 1.29 is 0 Å². The van der Waals surface area contributed by atoms with Gasteiger partial charge in [0.25, 0.3) is 5.56 Å². The SMILES string of the molecule is CN1CCN(c2cc(-c3ccccc3)cc(=O)n2-c2ccccc2)CC1. The first kappa shape index (κ1) is 16.6. The predicted octanol–water partition coefficient (Wildman–Crippen LogP) is 3.26. The molecule has 1 fully saturated rings. The summed E-state index contributed by atoms with van der Waals surface area (Å²) in [6, 6.07) is 23.9. The Morgan fingerprint density at radius 2 is 1.35 bits per heavy atom. The summed E-state index contributed by atoms with van der Waals surface area (Å²) in [5.74, 6) is 0.968. The van der Waals surface area contributed by atoms with Crippen molar-refractivity contribution in [3.05, 3.63) is 83.2 Å². The molecule has 4 heteroatoms. The molecule has 4 nitrogen and oxygen atoms in total. The average Bonchev–Trinajstić information content (AvgIpc) is 2.69. The van der Waals surface area contributed by atoms with Gasteiger partial charge in [-0.25, -0.2) is 0 Å². The van der Waals surface area contributed by atoms with Crippen molar-refractivity contribution in [2.75, 3.05) is 38.1 Å². The fourth-order valence-corrected chi connectivity index (χ4v) is 3.46. The number of rotatable bonds is 3. The Hall–Kier alpha value is -2.85. The summed E-state index contributed by atoms with van der Waals surface area (Å²) < 4.78 is 1.83. The van der Waals surface area contributed by atoms with Gasteiger partial charge in [0.2, 0.25) is 0 Å². The van der Waals surface area contributed by atoms with E-state index in [1.807, 2.05) is 53.1 Å². The van der Waals surface area contributed by atoms with Crippen molar-refractivity contribution in [3.63, 3.8) is 0 Å². The molecule has 0 atom stereocenters. The highest BCUT2D eigenvalue weighted by Crippen LogP contribution is 2.26. The number of pyridine rings is 1. The van der Waals surface area contributed by atoms with Gasteiger partial charge in [-0.05, 0) is 36.4 Å². The molecule has 0 spiro atoms. The van der Waals surface area contributed by atoms with Crippen LogP contribution in [0.5, 0.6) is 0 Å². The van der Waals surface area contributed by atoms with Gasteiger partial charge >= 0.3 is 0 Å². The summed E-state index contributed by atoms with van der Waals surface area (Å²) in [7, 11) is 2.14. The van der Waals surface area contributed by atoms with E-state index in [1.54, 1.807) is 6.07 Å². The highest BCUT2D eigenvalue weighted by atomic mass is 16.1. The number of benzene rings is 2. The molecular formula is C22H23N3O. The van der Waals surface area contributed by atoms with Gasteiger partial charge in [0, 0.05) is 32.2 Å². The summed E-state index contributed by atoms with van der Waals surface area (Å²) in [6.07, 6.45) is 0. The molecule has 0 amide bonds. The Balaban J connectivity index is 1.87. The number of para-hydroxylation sites is 1. The monoisotopic (exact) mass is 345 g/mol. The molecule has 0 unspecified atom stereocenters. The summed E-state index contributed by atoms with van der Waals surface area (Å²) in [5, 5.41) is 0. The third kappa shape index (κ3) is 3.28. The van der Waals surface area contributed by atoms with Gasteiger partial charge in [-0.15, -0.1) is 0 Å². The molecule has 1 aliphatic heterocycles. The lowest BCUT2D eigenvalue weighted by Gasteiger charge is -2.35. The lowest BCUT2D eigenvalue weighted by atomic mass is 10.1. The third-order valence-corrected chi connectivity index (χ3v) is 4.96. The topological polar surface area (TPSA) is 28.5 Å². The zero-order valence-electron chi connectivity index (χ0n) is 15.0. The van der Waals surface area contributed by atoms with Crippen LogP contribution in [0, 0.1) is 0 Å². The second-order valence-corrected chi connectivity index (χ2v) is 6.77. The Bertz CT molecular complexity index is 927. The van der Waals surface area contributed by atoms with E-state index in [2.05, 4.69) is 35.0 Å². The van der Waals surface area contributed by atoms with Crippen molar-refractivity contribution in [1.29, 1.82) is 0 Å². The van der Waals surface area contributed by atoms with Crippen LogP contribution < -0.4 is 10.5 Å². The molecular weight excluding hydrogens is 322 g/mol. The Morgan fingerprint density at radius 3 is 2.00 bits per heavy atom. The Kier molecular flexibility index (Phi) is 4.59. The zero-order valence-corrected chi connectivity index (χ0v) is 15.0. The molecule has 2 aromatic carbocycles. The van der Waals surface area contributed by atoms with E-state index in [-0.39, 0.29) is 5.56 Å². The molecule has 2 heterocycles. The van der Waals surface area contributed by atoms with Crippen LogP contribution >= 0.6 is 0 Å². The third-order valence-electron chi connectivity index (χ3n) is 4.96. The molecule has 1 aromatic heterocycles. The van der Waals surface area contributed by atoms with Gasteiger partial charge in [0.15, 0.2) is 0 Å². The maximum absolute atomic E-state index is 13.1. The summed E-state index contributed by atoms with van der Waals surface area (Å²) in [4.78, 5) is 17.7. The summed E-state index contributed by atoms with van der Waals surface area (Å²) in [5.41, 5.74) is 2.95. The van der Waals surface area contributed by atoms with Gasteiger partial charge in [-0.3, -0.25) is 9.36 Å². The lowest BCUT2D eigenvalue weighted by molar-refractivity contribution is 0.311. The minimum Gasteiger partial charge on any atom is -0.355 e. The molecule has 132 valence electrons. The highest BCUT2D eigenvalue weighted by molar-refractivity contribution is 5.68. The van der Waals surface area contributed by atoms with E-state index in [0.717, 1.165) is 48.8 Å². The standard InChI is InChI=1S/C22H23N3O/c1-23-12-14-24(15-13-23)21-16-19(18-8-4-2-5-9-18)17-22(26)25(21)20-10-6-3-7-11-20/h2-11,16-17H,12-15H2,1H3. The number of nitrogens with zero attached hydrogens (tertiary/aromatic N) is 3. The number of hydrogen-bond acceptors (Lipinski definition) is 3. The van der Waals surface area contributed by atoms with E-state index in [4.69, 9.17) is 0 Å². The van der Waals surface area contributed by atoms with Crippen LogP contribution in [0.4, 0.5) is 5.82 Å². The van der Waals surface area contributed by atoms with Crippen LogP contribution in [0.15, 0.2) is 77.6 Å². The normalized spacial score (nSPS) is 15.2. The van der Waals surface area contributed by atoms with E-state index < -0.39 is 0 Å². The number of likely N-dealkylation sites (N-methyl/N-ethyl adjacent to an activating group) is 1. The number of piperazine rings is 1. The van der Waals surface area contributed by atoms with Crippen LogP contribution in [0.2, 0.25) is 0 Å². The lowest BCUT2D eigenvalue weighted by Crippen LogP contribution is -2.46. The maximum atomic E-state index is 13.1. The molecule has 1 aliphatic rings. The van der Waals surface area contributed by atoms with E-state index >= 15 is 0 Å². The molecule has 1 saturated heterocycles. The van der Waals surface area contributed by atoms with Crippen LogP contribution in [0.25, 0.3) is 16.8 Å². The number of aromatic nitrogens is 1. The molecule has 0 aliphatic carbocycles. The number of hydrogen-bond donors (Lipinski definition) is 0. The molecule has 4 rings (SSSR count). The highest BCUT2D eigenvalue weighted by Gasteiger charge is 2.19. The van der Waals surface area contributed by atoms with Crippen molar-refractivity contribution in [1.82, 2.24) is 9.47 Å². The van der Waals surface area contributed by atoms with Crippen molar-refractivity contribution in [3.8, 4) is 16.8 Å². The molecule has 0 radical (unpaired) electrons. The second-order valence-electron chi connectivity index (χ2n) is 6.77. The smallest absolute Gasteiger partial charge is 0.257 e. The Labute approximate surface area is 153 Å². The molecule has 3 aromatic rings. The zero-order chi connectivity index (χ0) is 17.9. The Morgan fingerprint density at radius 1 is 0.731 bits per heavy atom. The number of anilines is 1. The average molecular weight is 345 g/mol. The molecule has 0 saturated carbocycles. The van der Waals surface area contributed by atoms with E-state index in [9.17, 15) is 4.79 Å². The minimum absolute atomic E-state index is 0.00600. The van der Waals surface area contributed by atoms with E-state index in [0.29, 0.717) is 0 Å². The quantitative estimate of drug-likeness (QED) is 0.729.